The third kappa shape index (κ3) is 3.74. The van der Waals surface area contributed by atoms with Crippen LogP contribution < -0.4 is 4.72 Å². The molecule has 1 saturated heterocycles. The number of rotatable bonds is 3. The highest BCUT2D eigenvalue weighted by molar-refractivity contribution is 9.10. The molecule has 1 aliphatic rings. The standard InChI is InChI=1S/C13H18BrClN2O2S/c1-9-8-17(2)6-5-12(9)16-20(18,19)13-4-3-10(14)7-11(13)15/h3-4,7,9,12,16H,5-6,8H2,1-2H3. The van der Waals surface area contributed by atoms with Crippen molar-refractivity contribution in [3.63, 3.8) is 0 Å². The van der Waals surface area contributed by atoms with E-state index in [0.29, 0.717) is 0 Å². The first kappa shape index (κ1) is 16.2. The molecular weight excluding hydrogens is 364 g/mol. The van der Waals surface area contributed by atoms with Crippen molar-refractivity contribution in [1.82, 2.24) is 9.62 Å². The smallest absolute Gasteiger partial charge is 0.242 e. The van der Waals surface area contributed by atoms with Gasteiger partial charge in [-0.3, -0.25) is 0 Å². The highest BCUT2D eigenvalue weighted by Gasteiger charge is 2.29. The zero-order chi connectivity index (χ0) is 14.9. The number of halogens is 2. The fourth-order valence-corrected chi connectivity index (χ4v) is 4.90. The van der Waals surface area contributed by atoms with Gasteiger partial charge >= 0.3 is 0 Å². The molecule has 0 bridgehead atoms. The Bertz CT molecular complexity index is 594. The van der Waals surface area contributed by atoms with Gasteiger partial charge in [-0.1, -0.05) is 34.5 Å². The molecular formula is C13H18BrClN2O2S. The van der Waals surface area contributed by atoms with Crippen molar-refractivity contribution in [2.45, 2.75) is 24.3 Å². The number of sulfonamides is 1. The Balaban J connectivity index is 2.19. The van der Waals surface area contributed by atoms with Crippen LogP contribution in [0.5, 0.6) is 0 Å². The molecule has 0 spiro atoms. The van der Waals surface area contributed by atoms with Crippen LogP contribution in [0.25, 0.3) is 0 Å². The molecule has 2 rings (SSSR count). The Morgan fingerprint density at radius 2 is 2.15 bits per heavy atom. The average molecular weight is 382 g/mol. The second-order valence-corrected chi connectivity index (χ2v) is 8.34. The van der Waals surface area contributed by atoms with Crippen LogP contribution >= 0.6 is 27.5 Å². The van der Waals surface area contributed by atoms with E-state index in [1.807, 2.05) is 7.05 Å². The van der Waals surface area contributed by atoms with Crippen LogP contribution in [0.15, 0.2) is 27.6 Å². The quantitative estimate of drug-likeness (QED) is 0.876. The molecule has 1 aliphatic heterocycles. The lowest BCUT2D eigenvalue weighted by atomic mass is 9.95. The van der Waals surface area contributed by atoms with Crippen LogP contribution in [0.3, 0.4) is 0 Å². The van der Waals surface area contributed by atoms with Crippen molar-refractivity contribution < 1.29 is 8.42 Å². The van der Waals surface area contributed by atoms with Crippen molar-refractivity contribution in [2.24, 2.45) is 5.92 Å². The van der Waals surface area contributed by atoms with Gasteiger partial charge in [-0.05, 0) is 44.1 Å². The summed E-state index contributed by atoms with van der Waals surface area (Å²) in [7, 11) is -1.53. The lowest BCUT2D eigenvalue weighted by molar-refractivity contribution is 0.188. The number of piperidine rings is 1. The van der Waals surface area contributed by atoms with E-state index < -0.39 is 10.0 Å². The minimum Gasteiger partial charge on any atom is -0.306 e. The molecule has 1 N–H and O–H groups in total. The number of nitrogens with one attached hydrogen (secondary N) is 1. The number of likely N-dealkylation sites (tertiary alicyclic amines) is 1. The van der Waals surface area contributed by atoms with Gasteiger partial charge in [-0.25, -0.2) is 13.1 Å². The Labute approximate surface area is 133 Å². The van der Waals surface area contributed by atoms with Crippen LogP contribution in [0.1, 0.15) is 13.3 Å². The van der Waals surface area contributed by atoms with E-state index in [9.17, 15) is 8.42 Å². The van der Waals surface area contributed by atoms with E-state index in [0.717, 1.165) is 24.0 Å². The minimum atomic E-state index is -3.58. The maximum absolute atomic E-state index is 12.4. The fourth-order valence-electron chi connectivity index (χ4n) is 2.49. The van der Waals surface area contributed by atoms with Crippen LogP contribution in [-0.4, -0.2) is 39.5 Å². The summed E-state index contributed by atoms with van der Waals surface area (Å²) >= 11 is 9.31. The van der Waals surface area contributed by atoms with Gasteiger partial charge in [-0.15, -0.1) is 0 Å². The molecule has 112 valence electrons. The van der Waals surface area contributed by atoms with E-state index in [1.54, 1.807) is 12.1 Å². The summed E-state index contributed by atoms with van der Waals surface area (Å²) in [6, 6.07) is 4.75. The van der Waals surface area contributed by atoms with Gasteiger partial charge in [0.1, 0.15) is 4.90 Å². The lowest BCUT2D eigenvalue weighted by Crippen LogP contribution is -2.48. The number of nitrogens with zero attached hydrogens (tertiary/aromatic N) is 1. The Morgan fingerprint density at radius 1 is 1.45 bits per heavy atom. The van der Waals surface area contributed by atoms with Gasteiger partial charge in [0, 0.05) is 17.1 Å². The Hall–Kier alpha value is -0.140. The van der Waals surface area contributed by atoms with Gasteiger partial charge in [0.05, 0.1) is 5.02 Å². The highest BCUT2D eigenvalue weighted by atomic mass is 79.9. The molecule has 2 unspecified atom stereocenters. The maximum atomic E-state index is 12.4. The van der Waals surface area contributed by atoms with Crippen molar-refractivity contribution >= 4 is 37.6 Å². The predicted molar refractivity (Wildman–Crippen MR) is 84.5 cm³/mol. The highest BCUT2D eigenvalue weighted by Crippen LogP contribution is 2.26. The molecule has 1 heterocycles. The summed E-state index contributed by atoms with van der Waals surface area (Å²) in [6.07, 6.45) is 0.811. The monoisotopic (exact) mass is 380 g/mol. The fraction of sp³-hybridized carbons (Fsp3) is 0.538. The van der Waals surface area contributed by atoms with E-state index in [1.165, 1.54) is 6.07 Å². The summed E-state index contributed by atoms with van der Waals surface area (Å²) in [5.41, 5.74) is 0. The van der Waals surface area contributed by atoms with E-state index in [4.69, 9.17) is 11.6 Å². The van der Waals surface area contributed by atoms with Crippen molar-refractivity contribution in [1.29, 1.82) is 0 Å². The van der Waals surface area contributed by atoms with E-state index >= 15 is 0 Å². The van der Waals surface area contributed by atoms with Gasteiger partial charge in [0.25, 0.3) is 0 Å². The molecule has 1 aromatic carbocycles. The van der Waals surface area contributed by atoms with Crippen molar-refractivity contribution in [3.8, 4) is 0 Å². The summed E-state index contributed by atoms with van der Waals surface area (Å²) in [5.74, 6) is 0.276. The Kier molecular flexibility index (Phi) is 5.13. The largest absolute Gasteiger partial charge is 0.306 e. The molecule has 0 amide bonds. The zero-order valence-corrected chi connectivity index (χ0v) is 14.6. The molecule has 0 radical (unpaired) electrons. The molecule has 1 fully saturated rings. The van der Waals surface area contributed by atoms with Crippen LogP contribution in [0.4, 0.5) is 0 Å². The van der Waals surface area contributed by atoms with Crippen molar-refractivity contribution in [2.75, 3.05) is 20.1 Å². The van der Waals surface area contributed by atoms with Gasteiger partial charge in [0.15, 0.2) is 0 Å². The third-order valence-electron chi connectivity index (χ3n) is 3.60. The molecule has 0 aromatic heterocycles. The summed E-state index contributed by atoms with van der Waals surface area (Å²) in [5, 5.41) is 0.229. The zero-order valence-electron chi connectivity index (χ0n) is 11.4. The summed E-state index contributed by atoms with van der Waals surface area (Å²) in [6.45, 7) is 3.85. The maximum Gasteiger partial charge on any atom is 0.242 e. The molecule has 2 atom stereocenters. The summed E-state index contributed by atoms with van der Waals surface area (Å²) in [4.78, 5) is 2.34. The molecule has 20 heavy (non-hydrogen) atoms. The number of hydrogen-bond acceptors (Lipinski definition) is 3. The van der Waals surface area contributed by atoms with Crippen LogP contribution in [0.2, 0.25) is 5.02 Å². The third-order valence-corrected chi connectivity index (χ3v) is 6.06. The molecule has 0 aliphatic carbocycles. The summed E-state index contributed by atoms with van der Waals surface area (Å²) < 4.78 is 28.4. The first-order valence-corrected chi connectivity index (χ1v) is 9.11. The van der Waals surface area contributed by atoms with Gasteiger partial charge in [0.2, 0.25) is 10.0 Å². The number of hydrogen-bond donors (Lipinski definition) is 1. The van der Waals surface area contributed by atoms with Crippen molar-refractivity contribution in [3.05, 3.63) is 27.7 Å². The topological polar surface area (TPSA) is 49.4 Å². The van der Waals surface area contributed by atoms with Gasteiger partial charge in [-0.2, -0.15) is 0 Å². The molecule has 7 heteroatoms. The van der Waals surface area contributed by atoms with E-state index in [-0.39, 0.29) is 21.9 Å². The predicted octanol–water partition coefficient (Wildman–Crippen LogP) is 2.72. The Morgan fingerprint density at radius 3 is 2.75 bits per heavy atom. The normalized spacial score (nSPS) is 24.8. The molecule has 0 saturated carbocycles. The minimum absolute atomic E-state index is 0.0455. The second kappa shape index (κ2) is 6.32. The first-order valence-electron chi connectivity index (χ1n) is 6.45. The molecule has 1 aromatic rings. The van der Waals surface area contributed by atoms with E-state index in [2.05, 4.69) is 32.5 Å². The number of benzene rings is 1. The molecule has 4 nitrogen and oxygen atoms in total. The lowest BCUT2D eigenvalue weighted by Gasteiger charge is -2.35. The average Bonchev–Trinajstić information content (AvgIpc) is 2.32. The van der Waals surface area contributed by atoms with Crippen LogP contribution in [0, 0.1) is 5.92 Å². The first-order chi connectivity index (χ1) is 9.29. The van der Waals surface area contributed by atoms with Gasteiger partial charge < -0.3 is 4.90 Å². The SMILES string of the molecule is CC1CN(C)CCC1NS(=O)(=O)c1ccc(Br)cc1Cl. The second-order valence-electron chi connectivity index (χ2n) is 5.33. The van der Waals surface area contributed by atoms with Crippen LogP contribution in [-0.2, 0) is 10.0 Å².